The van der Waals surface area contributed by atoms with Gasteiger partial charge in [0.1, 0.15) is 11.3 Å². The third kappa shape index (κ3) is 3.61. The highest BCUT2D eigenvalue weighted by Crippen LogP contribution is 2.17. The predicted octanol–water partition coefficient (Wildman–Crippen LogP) is 1.31. The maximum atomic E-state index is 12.1. The molecule has 0 fully saturated rings. The Balaban J connectivity index is 2.07. The summed E-state index contributed by atoms with van der Waals surface area (Å²) in [5, 5.41) is 2.77. The van der Waals surface area contributed by atoms with Crippen molar-refractivity contribution in [3.05, 3.63) is 57.9 Å². The number of nitrogens with one attached hydrogen (secondary N) is 2. The quantitative estimate of drug-likeness (QED) is 0.870. The molecule has 0 aliphatic carbocycles. The Bertz CT molecular complexity index is 659. The molecule has 2 N–H and O–H groups in total. The first-order valence-corrected chi connectivity index (χ1v) is 6.67. The minimum absolute atomic E-state index is 0.0894. The van der Waals surface area contributed by atoms with Crippen LogP contribution in [0.4, 0.5) is 0 Å². The molecule has 2 rings (SSSR count). The molecule has 0 aliphatic heterocycles. The summed E-state index contributed by atoms with van der Waals surface area (Å²) >= 11 is 0. The molecule has 0 spiro atoms. The number of hydrogen-bond donors (Lipinski definition) is 2. The van der Waals surface area contributed by atoms with Crippen molar-refractivity contribution in [2.45, 2.75) is 13.0 Å². The molecule has 112 valence electrons. The van der Waals surface area contributed by atoms with Gasteiger partial charge in [0.15, 0.2) is 0 Å². The highest BCUT2D eigenvalue weighted by Gasteiger charge is 2.19. The van der Waals surface area contributed by atoms with E-state index < -0.39 is 5.91 Å². The van der Waals surface area contributed by atoms with Gasteiger partial charge in [-0.3, -0.25) is 14.5 Å². The molecule has 0 bridgehead atoms. The van der Waals surface area contributed by atoms with Crippen molar-refractivity contribution < 1.29 is 9.21 Å². The summed E-state index contributed by atoms with van der Waals surface area (Å²) in [4.78, 5) is 28.4. The second-order valence-electron chi connectivity index (χ2n) is 5.09. The number of hydrogen-bond acceptors (Lipinski definition) is 4. The number of aryl methyl sites for hydroxylation is 1. The van der Waals surface area contributed by atoms with E-state index in [1.54, 1.807) is 25.3 Å². The molecule has 6 nitrogen and oxygen atoms in total. The van der Waals surface area contributed by atoms with Gasteiger partial charge >= 0.3 is 0 Å². The Morgan fingerprint density at radius 1 is 1.38 bits per heavy atom. The lowest BCUT2D eigenvalue weighted by atomic mass is 10.2. The number of aromatic nitrogens is 1. The first-order chi connectivity index (χ1) is 9.99. The topological polar surface area (TPSA) is 78.3 Å². The molecule has 0 saturated heterocycles. The van der Waals surface area contributed by atoms with Crippen LogP contribution in [-0.2, 0) is 0 Å². The van der Waals surface area contributed by atoms with Gasteiger partial charge in [-0.25, -0.2) is 0 Å². The number of pyridine rings is 1. The van der Waals surface area contributed by atoms with Crippen LogP contribution in [0.3, 0.4) is 0 Å². The lowest BCUT2D eigenvalue weighted by Gasteiger charge is -2.22. The first kappa shape index (κ1) is 15.1. The molecular weight excluding hydrogens is 270 g/mol. The zero-order valence-corrected chi connectivity index (χ0v) is 12.3. The molecule has 2 heterocycles. The van der Waals surface area contributed by atoms with E-state index in [4.69, 9.17) is 4.42 Å². The van der Waals surface area contributed by atoms with Crippen LogP contribution >= 0.6 is 0 Å². The predicted molar refractivity (Wildman–Crippen MR) is 79.3 cm³/mol. The van der Waals surface area contributed by atoms with E-state index in [-0.39, 0.29) is 17.2 Å². The van der Waals surface area contributed by atoms with E-state index in [0.29, 0.717) is 6.54 Å². The fraction of sp³-hybridized carbons (Fsp3) is 0.333. The molecule has 0 radical (unpaired) electrons. The third-order valence-corrected chi connectivity index (χ3v) is 3.25. The summed E-state index contributed by atoms with van der Waals surface area (Å²) in [6, 6.07) is 6.80. The van der Waals surface area contributed by atoms with Crippen LogP contribution in [0.1, 0.15) is 27.9 Å². The Morgan fingerprint density at radius 2 is 2.14 bits per heavy atom. The zero-order valence-electron chi connectivity index (χ0n) is 12.3. The molecule has 0 aliphatic rings. The second-order valence-corrected chi connectivity index (χ2v) is 5.09. The van der Waals surface area contributed by atoms with Gasteiger partial charge in [-0.15, -0.1) is 0 Å². The summed E-state index contributed by atoms with van der Waals surface area (Å²) in [6.07, 6.45) is 1.60. The van der Waals surface area contributed by atoms with Crippen LogP contribution in [0.5, 0.6) is 0 Å². The van der Waals surface area contributed by atoms with Crippen molar-refractivity contribution in [2.24, 2.45) is 0 Å². The standard InChI is InChI=1S/C15H19N3O3/c1-10-6-7-11(15(20)17-10)14(19)16-9-12(18(2)3)13-5-4-8-21-13/h4-8,12H,9H2,1-3H3,(H,16,19)(H,17,20)/t12-/m0/s1. The van der Waals surface area contributed by atoms with Gasteiger partial charge in [-0.2, -0.15) is 0 Å². The van der Waals surface area contributed by atoms with Crippen LogP contribution in [0.25, 0.3) is 0 Å². The van der Waals surface area contributed by atoms with Gasteiger partial charge in [0.05, 0.1) is 12.3 Å². The van der Waals surface area contributed by atoms with Crippen molar-refractivity contribution in [1.82, 2.24) is 15.2 Å². The van der Waals surface area contributed by atoms with E-state index >= 15 is 0 Å². The number of likely N-dealkylation sites (N-methyl/N-ethyl adjacent to an activating group) is 1. The number of amides is 1. The van der Waals surface area contributed by atoms with Crippen molar-refractivity contribution in [3.63, 3.8) is 0 Å². The molecule has 1 amide bonds. The largest absolute Gasteiger partial charge is 0.468 e. The second kappa shape index (κ2) is 6.41. The number of aromatic amines is 1. The van der Waals surface area contributed by atoms with Crippen molar-refractivity contribution in [2.75, 3.05) is 20.6 Å². The molecule has 0 saturated carbocycles. The van der Waals surface area contributed by atoms with E-state index in [1.165, 1.54) is 6.07 Å². The summed E-state index contributed by atoms with van der Waals surface area (Å²) in [6.45, 7) is 2.12. The maximum Gasteiger partial charge on any atom is 0.260 e. The summed E-state index contributed by atoms with van der Waals surface area (Å²) in [5.41, 5.74) is 0.447. The fourth-order valence-corrected chi connectivity index (χ4v) is 2.05. The molecule has 0 aromatic carbocycles. The highest BCUT2D eigenvalue weighted by atomic mass is 16.3. The lowest BCUT2D eigenvalue weighted by Crippen LogP contribution is -2.36. The number of carbonyl (C=O) groups excluding carboxylic acids is 1. The molecule has 2 aromatic heterocycles. The summed E-state index contributed by atoms with van der Waals surface area (Å²) < 4.78 is 5.37. The Kier molecular flexibility index (Phi) is 4.59. The van der Waals surface area contributed by atoms with E-state index in [1.807, 2.05) is 25.1 Å². The van der Waals surface area contributed by atoms with Crippen LogP contribution in [0, 0.1) is 6.92 Å². The summed E-state index contributed by atoms with van der Waals surface area (Å²) in [5.74, 6) is 0.368. The Morgan fingerprint density at radius 3 is 2.71 bits per heavy atom. The average Bonchev–Trinajstić information content (AvgIpc) is 2.92. The fourth-order valence-electron chi connectivity index (χ4n) is 2.05. The van der Waals surface area contributed by atoms with Gasteiger partial charge < -0.3 is 14.7 Å². The van der Waals surface area contributed by atoms with Crippen molar-refractivity contribution >= 4 is 5.91 Å². The smallest absolute Gasteiger partial charge is 0.260 e. The van der Waals surface area contributed by atoms with E-state index in [9.17, 15) is 9.59 Å². The SMILES string of the molecule is Cc1ccc(C(=O)NC[C@@H](c2ccco2)N(C)C)c(=O)[nH]1. The molecule has 0 unspecified atom stereocenters. The summed E-state index contributed by atoms with van der Waals surface area (Å²) in [7, 11) is 3.80. The van der Waals surface area contributed by atoms with Crippen LogP contribution < -0.4 is 10.9 Å². The van der Waals surface area contributed by atoms with Crippen LogP contribution in [0.15, 0.2) is 39.7 Å². The van der Waals surface area contributed by atoms with Gasteiger partial charge in [-0.05, 0) is 45.3 Å². The zero-order chi connectivity index (χ0) is 15.4. The maximum absolute atomic E-state index is 12.1. The molecule has 6 heteroatoms. The van der Waals surface area contributed by atoms with E-state index in [2.05, 4.69) is 10.3 Å². The van der Waals surface area contributed by atoms with Crippen LogP contribution in [0.2, 0.25) is 0 Å². The normalized spacial score (nSPS) is 12.4. The third-order valence-electron chi connectivity index (χ3n) is 3.25. The van der Waals surface area contributed by atoms with Gasteiger partial charge in [0.25, 0.3) is 11.5 Å². The number of H-pyrrole nitrogens is 1. The molecule has 2 aromatic rings. The average molecular weight is 289 g/mol. The number of nitrogens with zero attached hydrogens (tertiary/aromatic N) is 1. The van der Waals surface area contributed by atoms with Gasteiger partial charge in [-0.1, -0.05) is 0 Å². The highest BCUT2D eigenvalue weighted by molar-refractivity contribution is 5.93. The minimum Gasteiger partial charge on any atom is -0.468 e. The molecular formula is C15H19N3O3. The van der Waals surface area contributed by atoms with Crippen molar-refractivity contribution in [1.29, 1.82) is 0 Å². The number of carbonyl (C=O) groups is 1. The van der Waals surface area contributed by atoms with Gasteiger partial charge in [0.2, 0.25) is 0 Å². The Labute approximate surface area is 122 Å². The Hall–Kier alpha value is -2.34. The number of rotatable bonds is 5. The molecule has 1 atom stereocenters. The first-order valence-electron chi connectivity index (χ1n) is 6.67. The minimum atomic E-state index is -0.394. The monoisotopic (exact) mass is 289 g/mol. The van der Waals surface area contributed by atoms with Crippen LogP contribution in [-0.4, -0.2) is 36.4 Å². The molecule has 21 heavy (non-hydrogen) atoms. The lowest BCUT2D eigenvalue weighted by molar-refractivity contribution is 0.0937. The van der Waals surface area contributed by atoms with Gasteiger partial charge in [0, 0.05) is 12.2 Å². The van der Waals surface area contributed by atoms with Crippen molar-refractivity contribution in [3.8, 4) is 0 Å². The van der Waals surface area contributed by atoms with E-state index in [0.717, 1.165) is 11.5 Å². The number of furan rings is 1.